The molecule has 0 saturated carbocycles. The molecular formula is C8H16BrNOS. The van der Waals surface area contributed by atoms with Crippen molar-refractivity contribution in [1.82, 2.24) is 4.90 Å². The molecule has 0 radical (unpaired) electrons. The number of hydrogen-bond donors (Lipinski definition) is 1. The minimum atomic E-state index is -0.222. The van der Waals surface area contributed by atoms with E-state index in [4.69, 9.17) is 0 Å². The second-order valence-electron chi connectivity index (χ2n) is 3.27. The van der Waals surface area contributed by atoms with Gasteiger partial charge in [0, 0.05) is 23.7 Å². The Bertz CT molecular complexity index is 130. The summed E-state index contributed by atoms with van der Waals surface area (Å²) in [5, 5.41) is 10.1. The second kappa shape index (κ2) is 5.47. The minimum absolute atomic E-state index is 0.222. The first kappa shape index (κ1) is 10.8. The van der Waals surface area contributed by atoms with Crippen molar-refractivity contribution in [3.63, 3.8) is 0 Å². The van der Waals surface area contributed by atoms with Crippen LogP contribution in [0.2, 0.25) is 0 Å². The van der Waals surface area contributed by atoms with E-state index >= 15 is 0 Å². The molecule has 0 aromatic rings. The van der Waals surface area contributed by atoms with Crippen molar-refractivity contribution in [2.45, 2.75) is 18.6 Å². The number of aliphatic hydroxyl groups is 1. The van der Waals surface area contributed by atoms with Crippen molar-refractivity contribution in [1.29, 1.82) is 0 Å². The molecule has 0 spiro atoms. The van der Waals surface area contributed by atoms with Crippen LogP contribution in [0.4, 0.5) is 0 Å². The summed E-state index contributed by atoms with van der Waals surface area (Å²) in [5.74, 6) is 2.50. The summed E-state index contributed by atoms with van der Waals surface area (Å²) in [7, 11) is 2.10. The van der Waals surface area contributed by atoms with Gasteiger partial charge in [-0.1, -0.05) is 15.9 Å². The first-order valence-corrected chi connectivity index (χ1v) is 6.53. The molecule has 0 amide bonds. The molecule has 0 aromatic carbocycles. The highest BCUT2D eigenvalue weighted by molar-refractivity contribution is 9.09. The van der Waals surface area contributed by atoms with Crippen LogP contribution in [0.5, 0.6) is 0 Å². The summed E-state index contributed by atoms with van der Waals surface area (Å²) in [4.78, 5) is 2.27. The van der Waals surface area contributed by atoms with E-state index in [1.165, 1.54) is 17.9 Å². The van der Waals surface area contributed by atoms with E-state index in [1.54, 1.807) is 0 Å². The van der Waals surface area contributed by atoms with Gasteiger partial charge in [0.05, 0.1) is 6.10 Å². The fraction of sp³-hybridized carbons (Fsp3) is 1.00. The van der Waals surface area contributed by atoms with Crippen LogP contribution in [0.1, 0.15) is 6.42 Å². The molecule has 2 nitrogen and oxygen atoms in total. The van der Waals surface area contributed by atoms with Crippen LogP contribution < -0.4 is 0 Å². The SMILES string of the molecule is CN(CC(O)CBr)C1CCSC1. The maximum absolute atomic E-state index is 9.39. The van der Waals surface area contributed by atoms with Gasteiger partial charge in [-0.05, 0) is 19.2 Å². The zero-order chi connectivity index (χ0) is 8.97. The van der Waals surface area contributed by atoms with Gasteiger partial charge in [-0.2, -0.15) is 11.8 Å². The van der Waals surface area contributed by atoms with Crippen LogP contribution in [-0.4, -0.2) is 52.6 Å². The topological polar surface area (TPSA) is 23.5 Å². The van der Waals surface area contributed by atoms with Gasteiger partial charge in [-0.15, -0.1) is 0 Å². The average Bonchev–Trinajstić information content (AvgIpc) is 2.56. The average molecular weight is 254 g/mol. The third-order valence-electron chi connectivity index (χ3n) is 2.21. The standard InChI is InChI=1S/C8H16BrNOS/c1-10(5-8(11)4-9)7-2-3-12-6-7/h7-8,11H,2-6H2,1H3. The zero-order valence-corrected chi connectivity index (χ0v) is 9.77. The number of likely N-dealkylation sites (N-methyl/N-ethyl adjacent to an activating group) is 1. The zero-order valence-electron chi connectivity index (χ0n) is 7.37. The van der Waals surface area contributed by atoms with Gasteiger partial charge in [-0.25, -0.2) is 0 Å². The molecule has 0 aliphatic carbocycles. The largest absolute Gasteiger partial charge is 0.391 e. The Morgan fingerprint density at radius 1 is 1.75 bits per heavy atom. The van der Waals surface area contributed by atoms with Crippen LogP contribution in [0.25, 0.3) is 0 Å². The summed E-state index contributed by atoms with van der Waals surface area (Å²) in [6.45, 7) is 0.788. The molecule has 1 rings (SSSR count). The van der Waals surface area contributed by atoms with Crippen LogP contribution in [0.3, 0.4) is 0 Å². The van der Waals surface area contributed by atoms with Gasteiger partial charge in [0.2, 0.25) is 0 Å². The second-order valence-corrected chi connectivity index (χ2v) is 5.06. The predicted molar refractivity (Wildman–Crippen MR) is 58.2 cm³/mol. The molecule has 1 N–H and O–H groups in total. The third-order valence-corrected chi connectivity index (χ3v) is 4.10. The van der Waals surface area contributed by atoms with E-state index in [-0.39, 0.29) is 6.10 Å². The number of nitrogens with zero attached hydrogens (tertiary/aromatic N) is 1. The first-order chi connectivity index (χ1) is 5.74. The quantitative estimate of drug-likeness (QED) is 0.762. The Morgan fingerprint density at radius 2 is 2.50 bits per heavy atom. The summed E-state index contributed by atoms with van der Waals surface area (Å²) in [6, 6.07) is 0.684. The number of rotatable bonds is 4. The molecular weight excluding hydrogens is 238 g/mol. The Balaban J connectivity index is 2.21. The van der Waals surface area contributed by atoms with Gasteiger partial charge >= 0.3 is 0 Å². The van der Waals surface area contributed by atoms with Crippen LogP contribution in [0.15, 0.2) is 0 Å². The van der Waals surface area contributed by atoms with E-state index in [0.29, 0.717) is 11.4 Å². The fourth-order valence-corrected chi connectivity index (χ4v) is 2.90. The molecule has 1 saturated heterocycles. The molecule has 1 fully saturated rings. The van der Waals surface area contributed by atoms with Crippen molar-refractivity contribution in [3.8, 4) is 0 Å². The van der Waals surface area contributed by atoms with Gasteiger partial charge in [0.25, 0.3) is 0 Å². The van der Waals surface area contributed by atoms with Crippen LogP contribution >= 0.6 is 27.7 Å². The lowest BCUT2D eigenvalue weighted by Crippen LogP contribution is -2.38. The number of alkyl halides is 1. The van der Waals surface area contributed by atoms with E-state index in [2.05, 4.69) is 27.9 Å². The smallest absolute Gasteiger partial charge is 0.0763 e. The molecule has 1 aliphatic rings. The Hall–Kier alpha value is 0.750. The Kier molecular flexibility index (Phi) is 4.94. The molecule has 12 heavy (non-hydrogen) atoms. The lowest BCUT2D eigenvalue weighted by molar-refractivity contribution is 0.127. The van der Waals surface area contributed by atoms with Gasteiger partial charge in [0.15, 0.2) is 0 Å². The van der Waals surface area contributed by atoms with Gasteiger partial charge < -0.3 is 5.11 Å². The van der Waals surface area contributed by atoms with E-state index in [9.17, 15) is 5.11 Å². The number of hydrogen-bond acceptors (Lipinski definition) is 3. The predicted octanol–water partition coefficient (Wildman–Crippen LogP) is 1.18. The maximum atomic E-state index is 9.39. The molecule has 4 heteroatoms. The molecule has 2 atom stereocenters. The van der Waals surface area contributed by atoms with E-state index in [0.717, 1.165) is 6.54 Å². The number of halogens is 1. The van der Waals surface area contributed by atoms with E-state index < -0.39 is 0 Å². The highest BCUT2D eigenvalue weighted by Crippen LogP contribution is 2.21. The third kappa shape index (κ3) is 3.24. The fourth-order valence-electron chi connectivity index (χ4n) is 1.40. The minimum Gasteiger partial charge on any atom is -0.391 e. The molecule has 1 aliphatic heterocycles. The number of thioether (sulfide) groups is 1. The normalized spacial score (nSPS) is 26.5. The molecule has 2 unspecified atom stereocenters. The van der Waals surface area contributed by atoms with Gasteiger partial charge in [0.1, 0.15) is 0 Å². The summed E-state index contributed by atoms with van der Waals surface area (Å²) >= 11 is 5.28. The highest BCUT2D eigenvalue weighted by Gasteiger charge is 2.21. The lowest BCUT2D eigenvalue weighted by Gasteiger charge is -2.25. The van der Waals surface area contributed by atoms with Crippen molar-refractivity contribution in [2.75, 3.05) is 30.4 Å². The van der Waals surface area contributed by atoms with Crippen LogP contribution in [0, 0.1) is 0 Å². The number of aliphatic hydroxyl groups excluding tert-OH is 1. The summed E-state index contributed by atoms with van der Waals surface area (Å²) < 4.78 is 0. The molecule has 0 bridgehead atoms. The van der Waals surface area contributed by atoms with Crippen LogP contribution in [-0.2, 0) is 0 Å². The Morgan fingerprint density at radius 3 is 3.00 bits per heavy atom. The first-order valence-electron chi connectivity index (χ1n) is 4.26. The molecule has 72 valence electrons. The van der Waals surface area contributed by atoms with Crippen molar-refractivity contribution >= 4 is 27.7 Å². The van der Waals surface area contributed by atoms with Crippen molar-refractivity contribution in [2.24, 2.45) is 0 Å². The van der Waals surface area contributed by atoms with Gasteiger partial charge in [-0.3, -0.25) is 4.90 Å². The van der Waals surface area contributed by atoms with E-state index in [1.807, 2.05) is 11.8 Å². The summed E-state index contributed by atoms with van der Waals surface area (Å²) in [5.41, 5.74) is 0. The van der Waals surface area contributed by atoms with Crippen molar-refractivity contribution in [3.05, 3.63) is 0 Å². The highest BCUT2D eigenvalue weighted by atomic mass is 79.9. The lowest BCUT2D eigenvalue weighted by atomic mass is 10.2. The molecule has 1 heterocycles. The van der Waals surface area contributed by atoms with Crippen molar-refractivity contribution < 1.29 is 5.11 Å². The Labute approximate surface area is 86.8 Å². The maximum Gasteiger partial charge on any atom is 0.0763 e. The molecule has 0 aromatic heterocycles. The monoisotopic (exact) mass is 253 g/mol. The summed E-state index contributed by atoms with van der Waals surface area (Å²) in [6.07, 6.45) is 1.05.